The third kappa shape index (κ3) is 6.65. The highest BCUT2D eigenvalue weighted by Gasteiger charge is 2.48. The molecule has 3 rings (SSSR count). The van der Waals surface area contributed by atoms with E-state index in [1.54, 1.807) is 7.11 Å². The highest BCUT2D eigenvalue weighted by atomic mass is 35.5. The summed E-state index contributed by atoms with van der Waals surface area (Å²) in [7, 11) is 1.56. The summed E-state index contributed by atoms with van der Waals surface area (Å²) in [5, 5.41) is 0. The van der Waals surface area contributed by atoms with Gasteiger partial charge < -0.3 is 14.2 Å². The zero-order valence-corrected chi connectivity index (χ0v) is 19.3. The molecule has 1 saturated carbocycles. The molecule has 0 aromatic rings. The van der Waals surface area contributed by atoms with Gasteiger partial charge in [-0.2, -0.15) is 0 Å². The largest absolute Gasteiger partial charge is 0.466 e. The van der Waals surface area contributed by atoms with Crippen molar-refractivity contribution in [1.29, 1.82) is 0 Å². The molecule has 1 unspecified atom stereocenters. The minimum atomic E-state index is -1.45. The van der Waals surface area contributed by atoms with Gasteiger partial charge in [-0.15, -0.1) is 24.8 Å². The number of alkyl halides is 1. The Balaban J connectivity index is 0.00000210. The summed E-state index contributed by atoms with van der Waals surface area (Å²) in [5.74, 6) is -1.56. The molecular formula is C20H37Cl2FN2O4. The lowest BCUT2D eigenvalue weighted by atomic mass is 9.87. The smallest absolute Gasteiger partial charge is 0.308 e. The van der Waals surface area contributed by atoms with Crippen molar-refractivity contribution < 1.29 is 23.4 Å². The number of carbonyl (C=O) groups is 1. The second-order valence-corrected chi connectivity index (χ2v) is 8.08. The van der Waals surface area contributed by atoms with Crippen molar-refractivity contribution >= 4 is 30.8 Å². The van der Waals surface area contributed by atoms with Gasteiger partial charge in [0.15, 0.2) is 12.1 Å². The molecule has 2 saturated heterocycles. The number of hydrogen-bond acceptors (Lipinski definition) is 6. The van der Waals surface area contributed by atoms with E-state index in [1.165, 1.54) is 0 Å². The number of methoxy groups -OCH3 is 1. The molecule has 1 aliphatic carbocycles. The molecule has 172 valence electrons. The summed E-state index contributed by atoms with van der Waals surface area (Å²) in [4.78, 5) is 16.1. The lowest BCUT2D eigenvalue weighted by Crippen LogP contribution is -2.57. The number of ether oxygens (including phenoxy) is 3. The van der Waals surface area contributed by atoms with Crippen LogP contribution in [-0.4, -0.2) is 74.0 Å². The van der Waals surface area contributed by atoms with Gasteiger partial charge in [-0.1, -0.05) is 0 Å². The molecule has 3 aliphatic rings. The number of carbonyl (C=O) groups excluding carboxylic acids is 1. The summed E-state index contributed by atoms with van der Waals surface area (Å²) < 4.78 is 32.4. The Morgan fingerprint density at radius 1 is 1.10 bits per heavy atom. The topological polar surface area (TPSA) is 51.2 Å². The van der Waals surface area contributed by atoms with Crippen LogP contribution in [0.2, 0.25) is 0 Å². The van der Waals surface area contributed by atoms with E-state index in [1.807, 2.05) is 11.8 Å². The van der Waals surface area contributed by atoms with Crippen molar-refractivity contribution in [3.05, 3.63) is 0 Å². The molecule has 2 heterocycles. The average Bonchev–Trinajstić information content (AvgIpc) is 3.31. The molecule has 3 fully saturated rings. The molecule has 0 N–H and O–H groups in total. The van der Waals surface area contributed by atoms with E-state index in [0.29, 0.717) is 19.6 Å². The van der Waals surface area contributed by atoms with E-state index in [-0.39, 0.29) is 55.8 Å². The number of rotatable bonds is 8. The first kappa shape index (κ1) is 26.9. The Bertz CT molecular complexity index is 491. The van der Waals surface area contributed by atoms with Gasteiger partial charge in [-0.05, 0) is 58.3 Å². The SMILES string of the molecule is CCOC(=O)C1CCC(OC(N2CCCC2)N2CCC[C@]2(F)COC)CC1.Cl.Cl. The Kier molecular flexibility index (Phi) is 11.7. The molecule has 29 heavy (non-hydrogen) atoms. The highest BCUT2D eigenvalue weighted by Crippen LogP contribution is 2.37. The fourth-order valence-electron chi connectivity index (χ4n) is 4.73. The van der Waals surface area contributed by atoms with Gasteiger partial charge in [0.1, 0.15) is 0 Å². The molecular weight excluding hydrogens is 422 g/mol. The third-order valence-electron chi connectivity index (χ3n) is 6.17. The molecule has 0 radical (unpaired) electrons. The van der Waals surface area contributed by atoms with Gasteiger partial charge in [-0.3, -0.25) is 9.69 Å². The third-order valence-corrected chi connectivity index (χ3v) is 6.17. The fraction of sp³-hybridized carbons (Fsp3) is 0.950. The molecule has 2 aliphatic heterocycles. The average molecular weight is 459 g/mol. The van der Waals surface area contributed by atoms with Crippen LogP contribution in [-0.2, 0) is 19.0 Å². The Morgan fingerprint density at radius 2 is 1.76 bits per heavy atom. The molecule has 9 heteroatoms. The Labute approximate surface area is 186 Å². The maximum Gasteiger partial charge on any atom is 0.308 e. The molecule has 0 bridgehead atoms. The second-order valence-electron chi connectivity index (χ2n) is 8.08. The molecule has 0 aromatic carbocycles. The van der Waals surface area contributed by atoms with Crippen LogP contribution < -0.4 is 0 Å². The monoisotopic (exact) mass is 458 g/mol. The van der Waals surface area contributed by atoms with Crippen molar-refractivity contribution in [2.45, 2.75) is 76.5 Å². The first-order chi connectivity index (χ1) is 13.1. The highest BCUT2D eigenvalue weighted by molar-refractivity contribution is 5.85. The summed E-state index contributed by atoms with van der Waals surface area (Å²) >= 11 is 0. The van der Waals surface area contributed by atoms with Gasteiger partial charge >= 0.3 is 5.97 Å². The van der Waals surface area contributed by atoms with Gasteiger partial charge in [-0.25, -0.2) is 9.29 Å². The first-order valence-corrected chi connectivity index (χ1v) is 10.6. The zero-order chi connectivity index (χ0) is 19.3. The van der Waals surface area contributed by atoms with Crippen LogP contribution in [0.15, 0.2) is 0 Å². The van der Waals surface area contributed by atoms with Crippen molar-refractivity contribution in [3.63, 3.8) is 0 Å². The minimum Gasteiger partial charge on any atom is -0.466 e. The maximum atomic E-state index is 15.5. The summed E-state index contributed by atoms with van der Waals surface area (Å²) in [6, 6.07) is 0. The summed E-state index contributed by atoms with van der Waals surface area (Å²) in [6.07, 6.45) is 6.53. The lowest BCUT2D eigenvalue weighted by Gasteiger charge is -2.43. The zero-order valence-electron chi connectivity index (χ0n) is 17.6. The van der Waals surface area contributed by atoms with E-state index in [2.05, 4.69) is 4.90 Å². The molecule has 0 aromatic heterocycles. The number of likely N-dealkylation sites (tertiary alicyclic amines) is 2. The van der Waals surface area contributed by atoms with E-state index < -0.39 is 5.79 Å². The summed E-state index contributed by atoms with van der Waals surface area (Å²) in [6.45, 7) is 4.94. The van der Waals surface area contributed by atoms with Gasteiger partial charge in [0.25, 0.3) is 0 Å². The quantitative estimate of drug-likeness (QED) is 0.407. The predicted octanol–water partition coefficient (Wildman–Crippen LogP) is 3.76. The minimum absolute atomic E-state index is 0. The predicted molar refractivity (Wildman–Crippen MR) is 114 cm³/mol. The van der Waals surface area contributed by atoms with Gasteiger partial charge in [0, 0.05) is 26.7 Å². The fourth-order valence-corrected chi connectivity index (χ4v) is 4.73. The molecule has 6 nitrogen and oxygen atoms in total. The van der Waals surface area contributed by atoms with Crippen LogP contribution in [0.25, 0.3) is 0 Å². The van der Waals surface area contributed by atoms with E-state index in [9.17, 15) is 4.79 Å². The standard InChI is InChI=1S/C20H35FN2O4.2ClH/c1-3-26-18(24)16-7-9-17(10-8-16)27-19(22-12-4-5-13-22)23-14-6-11-20(23,21)15-25-2;;/h16-17,19H,3-15H2,1-2H3;2*1H/t16?,17?,19?,20-;;/m1../s1. The molecule has 0 amide bonds. The van der Waals surface area contributed by atoms with Crippen LogP contribution in [0, 0.1) is 5.92 Å². The van der Waals surface area contributed by atoms with Crippen molar-refractivity contribution in [3.8, 4) is 0 Å². The maximum absolute atomic E-state index is 15.5. The normalized spacial score (nSPS) is 31.7. The Morgan fingerprint density at radius 3 is 2.34 bits per heavy atom. The number of nitrogens with zero attached hydrogens (tertiary/aromatic N) is 2. The number of esters is 1. The van der Waals surface area contributed by atoms with Crippen LogP contribution in [0.5, 0.6) is 0 Å². The van der Waals surface area contributed by atoms with Crippen LogP contribution in [0.1, 0.15) is 58.3 Å². The van der Waals surface area contributed by atoms with E-state index >= 15 is 4.39 Å². The number of halogens is 3. The van der Waals surface area contributed by atoms with Crippen molar-refractivity contribution in [1.82, 2.24) is 9.80 Å². The van der Waals surface area contributed by atoms with Crippen molar-refractivity contribution in [2.24, 2.45) is 5.92 Å². The molecule has 2 atom stereocenters. The van der Waals surface area contributed by atoms with E-state index in [4.69, 9.17) is 14.2 Å². The van der Waals surface area contributed by atoms with Gasteiger partial charge in [0.05, 0.1) is 25.2 Å². The first-order valence-electron chi connectivity index (χ1n) is 10.6. The Hall–Kier alpha value is -0.180. The second kappa shape index (κ2) is 12.6. The van der Waals surface area contributed by atoms with Crippen LogP contribution >= 0.6 is 24.8 Å². The number of hydrogen-bond donors (Lipinski definition) is 0. The summed E-state index contributed by atoms with van der Waals surface area (Å²) in [5.41, 5.74) is 0. The van der Waals surface area contributed by atoms with E-state index in [0.717, 1.165) is 58.0 Å². The van der Waals surface area contributed by atoms with Crippen LogP contribution in [0.4, 0.5) is 4.39 Å². The lowest BCUT2D eigenvalue weighted by molar-refractivity contribution is -0.231. The van der Waals surface area contributed by atoms with Gasteiger partial charge in [0.2, 0.25) is 0 Å². The van der Waals surface area contributed by atoms with Crippen LogP contribution in [0.3, 0.4) is 0 Å². The molecule has 0 spiro atoms. The van der Waals surface area contributed by atoms with Crippen molar-refractivity contribution in [2.75, 3.05) is 40.0 Å².